The van der Waals surface area contributed by atoms with E-state index < -0.39 is 0 Å². The van der Waals surface area contributed by atoms with Crippen molar-refractivity contribution in [3.05, 3.63) is 46.9 Å². The fraction of sp³-hybridized carbons (Fsp3) is 0.286. The second kappa shape index (κ2) is 5.64. The fourth-order valence-corrected chi connectivity index (χ4v) is 2.02. The highest BCUT2D eigenvalue weighted by Crippen LogP contribution is 2.21. The molecule has 2 aromatic rings. The number of nitrogens with one attached hydrogen (secondary N) is 1. The molecule has 0 bridgehead atoms. The van der Waals surface area contributed by atoms with Gasteiger partial charge in [-0.2, -0.15) is 5.10 Å². The van der Waals surface area contributed by atoms with Crippen molar-refractivity contribution in [2.45, 2.75) is 20.4 Å². The Hall–Kier alpha value is -2.50. The summed E-state index contributed by atoms with van der Waals surface area (Å²) in [7, 11) is 1.91. The highest BCUT2D eigenvalue weighted by Gasteiger charge is 2.17. The van der Waals surface area contributed by atoms with Gasteiger partial charge in [0, 0.05) is 26.0 Å². The van der Waals surface area contributed by atoms with Crippen LogP contribution in [-0.4, -0.2) is 28.1 Å². The zero-order chi connectivity index (χ0) is 14.7. The minimum absolute atomic E-state index is 0.0112. The lowest BCUT2D eigenvalue weighted by Gasteiger charge is -2.21. The van der Waals surface area contributed by atoms with Gasteiger partial charge in [0.15, 0.2) is 5.82 Å². The molecular formula is C14H18N6. The molecule has 0 aromatic carbocycles. The summed E-state index contributed by atoms with van der Waals surface area (Å²) in [6.45, 7) is 4.42. The molecule has 2 rings (SSSR count). The SMILES string of the molecule is Cc1nnc(N(C)Cc2ccncc2)c(C(=N)N)c1C. The van der Waals surface area contributed by atoms with E-state index in [4.69, 9.17) is 11.1 Å². The van der Waals surface area contributed by atoms with Crippen molar-refractivity contribution in [3.63, 3.8) is 0 Å². The topological polar surface area (TPSA) is 91.8 Å². The van der Waals surface area contributed by atoms with Crippen LogP contribution in [0.4, 0.5) is 5.82 Å². The van der Waals surface area contributed by atoms with Crippen LogP contribution < -0.4 is 10.6 Å². The lowest BCUT2D eigenvalue weighted by molar-refractivity contribution is 0.846. The second-order valence-electron chi connectivity index (χ2n) is 4.73. The van der Waals surface area contributed by atoms with Gasteiger partial charge >= 0.3 is 0 Å². The fourth-order valence-electron chi connectivity index (χ4n) is 2.02. The van der Waals surface area contributed by atoms with Gasteiger partial charge in [-0.1, -0.05) is 0 Å². The number of nitrogens with two attached hydrogens (primary N) is 1. The summed E-state index contributed by atoms with van der Waals surface area (Å²) in [4.78, 5) is 5.93. The van der Waals surface area contributed by atoms with E-state index in [0.717, 1.165) is 16.8 Å². The van der Waals surface area contributed by atoms with Gasteiger partial charge in [-0.15, -0.1) is 5.10 Å². The van der Waals surface area contributed by atoms with E-state index in [0.29, 0.717) is 17.9 Å². The lowest BCUT2D eigenvalue weighted by atomic mass is 10.1. The number of pyridine rings is 1. The predicted octanol–water partition coefficient (Wildman–Crippen LogP) is 1.41. The van der Waals surface area contributed by atoms with Crippen molar-refractivity contribution >= 4 is 11.7 Å². The van der Waals surface area contributed by atoms with Crippen molar-refractivity contribution in [3.8, 4) is 0 Å². The third kappa shape index (κ3) is 2.74. The summed E-state index contributed by atoms with van der Waals surface area (Å²) in [5.74, 6) is 0.634. The number of aromatic nitrogens is 3. The minimum atomic E-state index is 0.0112. The monoisotopic (exact) mass is 270 g/mol. The van der Waals surface area contributed by atoms with E-state index in [2.05, 4.69) is 15.2 Å². The first kappa shape index (κ1) is 13.9. The average molecular weight is 270 g/mol. The van der Waals surface area contributed by atoms with E-state index in [9.17, 15) is 0 Å². The molecule has 0 fully saturated rings. The number of anilines is 1. The van der Waals surface area contributed by atoms with Gasteiger partial charge in [0.25, 0.3) is 0 Å². The molecule has 0 aliphatic heterocycles. The Labute approximate surface area is 118 Å². The van der Waals surface area contributed by atoms with Gasteiger partial charge in [0.2, 0.25) is 0 Å². The summed E-state index contributed by atoms with van der Waals surface area (Å²) in [6, 6.07) is 3.89. The highest BCUT2D eigenvalue weighted by molar-refractivity contribution is 6.01. The van der Waals surface area contributed by atoms with Gasteiger partial charge in [0.05, 0.1) is 11.3 Å². The molecule has 0 aliphatic rings. The maximum Gasteiger partial charge on any atom is 0.162 e. The Kier molecular flexibility index (Phi) is 3.93. The molecule has 6 heteroatoms. The van der Waals surface area contributed by atoms with Crippen molar-refractivity contribution in [2.75, 3.05) is 11.9 Å². The molecule has 3 N–H and O–H groups in total. The van der Waals surface area contributed by atoms with Crippen LogP contribution in [0.2, 0.25) is 0 Å². The van der Waals surface area contributed by atoms with Crippen LogP contribution in [0.25, 0.3) is 0 Å². The first-order chi connectivity index (χ1) is 9.50. The summed E-state index contributed by atoms with van der Waals surface area (Å²) in [5, 5.41) is 16.1. The molecule has 0 unspecified atom stereocenters. The first-order valence-electron chi connectivity index (χ1n) is 6.29. The molecule has 104 valence electrons. The molecule has 2 aromatic heterocycles. The summed E-state index contributed by atoms with van der Waals surface area (Å²) >= 11 is 0. The lowest BCUT2D eigenvalue weighted by Crippen LogP contribution is -2.25. The van der Waals surface area contributed by atoms with Crippen LogP contribution in [0.5, 0.6) is 0 Å². The van der Waals surface area contributed by atoms with Crippen molar-refractivity contribution < 1.29 is 0 Å². The third-order valence-corrected chi connectivity index (χ3v) is 3.24. The quantitative estimate of drug-likeness (QED) is 0.647. The summed E-state index contributed by atoms with van der Waals surface area (Å²) < 4.78 is 0. The van der Waals surface area contributed by atoms with E-state index in [-0.39, 0.29) is 5.84 Å². The number of aryl methyl sites for hydroxylation is 1. The maximum atomic E-state index is 7.76. The molecule has 0 radical (unpaired) electrons. The molecule has 0 spiro atoms. The van der Waals surface area contributed by atoms with Crippen LogP contribution in [0.15, 0.2) is 24.5 Å². The predicted molar refractivity (Wildman–Crippen MR) is 78.9 cm³/mol. The molecule has 0 saturated carbocycles. The zero-order valence-corrected chi connectivity index (χ0v) is 11.9. The van der Waals surface area contributed by atoms with Crippen LogP contribution in [0.3, 0.4) is 0 Å². The normalized spacial score (nSPS) is 10.3. The number of hydrogen-bond donors (Lipinski definition) is 2. The Bertz CT molecular complexity index is 623. The Morgan fingerprint density at radius 2 is 1.90 bits per heavy atom. The van der Waals surface area contributed by atoms with Crippen LogP contribution in [0, 0.1) is 19.3 Å². The molecule has 2 heterocycles. The maximum absolute atomic E-state index is 7.76. The van der Waals surface area contributed by atoms with Gasteiger partial charge < -0.3 is 10.6 Å². The van der Waals surface area contributed by atoms with Gasteiger partial charge in [-0.3, -0.25) is 10.4 Å². The van der Waals surface area contributed by atoms with Crippen LogP contribution >= 0.6 is 0 Å². The summed E-state index contributed by atoms with van der Waals surface area (Å²) in [5.41, 5.74) is 9.13. The summed E-state index contributed by atoms with van der Waals surface area (Å²) in [6.07, 6.45) is 3.50. The van der Waals surface area contributed by atoms with Gasteiger partial charge in [0.1, 0.15) is 5.84 Å². The molecule has 0 saturated heterocycles. The number of nitrogens with zero attached hydrogens (tertiary/aromatic N) is 4. The standard InChI is InChI=1S/C14H18N6/c1-9-10(2)18-19-14(12(9)13(15)16)20(3)8-11-4-6-17-7-5-11/h4-7H,8H2,1-3H3,(H3,15,16). The average Bonchev–Trinajstić information content (AvgIpc) is 2.42. The zero-order valence-electron chi connectivity index (χ0n) is 11.9. The molecule has 0 aliphatic carbocycles. The number of amidine groups is 1. The first-order valence-corrected chi connectivity index (χ1v) is 6.29. The molecule has 0 atom stereocenters. The van der Waals surface area contributed by atoms with E-state index >= 15 is 0 Å². The van der Waals surface area contributed by atoms with E-state index in [1.165, 1.54) is 0 Å². The Balaban J connectivity index is 2.37. The van der Waals surface area contributed by atoms with Crippen molar-refractivity contribution in [1.29, 1.82) is 5.41 Å². The third-order valence-electron chi connectivity index (χ3n) is 3.24. The Morgan fingerprint density at radius 3 is 2.50 bits per heavy atom. The molecule has 0 amide bonds. The van der Waals surface area contributed by atoms with Crippen LogP contribution in [-0.2, 0) is 6.54 Å². The number of rotatable bonds is 4. The van der Waals surface area contributed by atoms with E-state index in [1.807, 2.05) is 37.9 Å². The van der Waals surface area contributed by atoms with Crippen molar-refractivity contribution in [2.24, 2.45) is 5.73 Å². The highest BCUT2D eigenvalue weighted by atomic mass is 15.2. The van der Waals surface area contributed by atoms with Gasteiger partial charge in [-0.05, 0) is 37.1 Å². The largest absolute Gasteiger partial charge is 0.384 e. The molecular weight excluding hydrogens is 252 g/mol. The minimum Gasteiger partial charge on any atom is -0.384 e. The molecule has 6 nitrogen and oxygen atoms in total. The second-order valence-corrected chi connectivity index (χ2v) is 4.73. The van der Waals surface area contributed by atoms with E-state index in [1.54, 1.807) is 12.4 Å². The Morgan fingerprint density at radius 1 is 1.25 bits per heavy atom. The number of nitrogen functional groups attached to an aromatic ring is 1. The molecule has 20 heavy (non-hydrogen) atoms. The van der Waals surface area contributed by atoms with Gasteiger partial charge in [-0.25, -0.2) is 0 Å². The smallest absolute Gasteiger partial charge is 0.162 e. The van der Waals surface area contributed by atoms with Crippen molar-refractivity contribution in [1.82, 2.24) is 15.2 Å². The van der Waals surface area contributed by atoms with Crippen LogP contribution in [0.1, 0.15) is 22.4 Å². The number of hydrogen-bond acceptors (Lipinski definition) is 5.